The number of nitrogens with zero attached hydrogens (tertiary/aromatic N) is 1. The molecule has 0 aromatic rings. The molecular formula is C10H21N3O3. The van der Waals surface area contributed by atoms with Gasteiger partial charge in [0.15, 0.2) is 0 Å². The first-order chi connectivity index (χ1) is 7.51. The molecule has 0 aromatic carbocycles. The summed E-state index contributed by atoms with van der Waals surface area (Å²) >= 11 is 0. The van der Waals surface area contributed by atoms with Crippen molar-refractivity contribution in [3.05, 3.63) is 0 Å². The highest BCUT2D eigenvalue weighted by molar-refractivity contribution is 5.95. The third-order valence-electron chi connectivity index (χ3n) is 2.20. The number of urea groups is 1. The van der Waals surface area contributed by atoms with Gasteiger partial charge in [-0.05, 0) is 20.4 Å². The summed E-state index contributed by atoms with van der Waals surface area (Å²) in [6.45, 7) is 4.33. The standard InChI is InChI=1S/C10H21N3O3/c1-4-5-11-10(16)12-9(15)6-13(3)8(2)7-14/h8,14H,4-7H2,1-3H3,(H2,11,12,15,16). The van der Waals surface area contributed by atoms with Gasteiger partial charge in [0.2, 0.25) is 5.91 Å². The van der Waals surface area contributed by atoms with E-state index in [1.807, 2.05) is 6.92 Å². The Balaban J connectivity index is 3.85. The molecule has 0 rings (SSSR count). The molecule has 94 valence electrons. The average Bonchev–Trinajstić information content (AvgIpc) is 2.24. The molecule has 1 atom stereocenters. The molecule has 3 N–H and O–H groups in total. The molecule has 0 aliphatic rings. The highest BCUT2D eigenvalue weighted by Gasteiger charge is 2.13. The maximum atomic E-state index is 11.4. The maximum Gasteiger partial charge on any atom is 0.321 e. The molecule has 1 unspecified atom stereocenters. The van der Waals surface area contributed by atoms with Gasteiger partial charge < -0.3 is 10.4 Å². The van der Waals surface area contributed by atoms with E-state index in [9.17, 15) is 9.59 Å². The summed E-state index contributed by atoms with van der Waals surface area (Å²) in [6.07, 6.45) is 0.822. The van der Waals surface area contributed by atoms with Gasteiger partial charge in [-0.3, -0.25) is 15.0 Å². The molecular weight excluding hydrogens is 210 g/mol. The minimum Gasteiger partial charge on any atom is -0.395 e. The van der Waals surface area contributed by atoms with E-state index in [0.717, 1.165) is 6.42 Å². The van der Waals surface area contributed by atoms with Crippen molar-refractivity contribution in [1.29, 1.82) is 0 Å². The van der Waals surface area contributed by atoms with E-state index < -0.39 is 6.03 Å². The van der Waals surface area contributed by atoms with Crippen LogP contribution in [0.4, 0.5) is 4.79 Å². The van der Waals surface area contributed by atoms with E-state index in [1.54, 1.807) is 18.9 Å². The lowest BCUT2D eigenvalue weighted by atomic mass is 10.3. The van der Waals surface area contributed by atoms with Crippen LogP contribution in [0.25, 0.3) is 0 Å². The lowest BCUT2D eigenvalue weighted by molar-refractivity contribution is -0.121. The molecule has 0 radical (unpaired) electrons. The molecule has 3 amide bonds. The topological polar surface area (TPSA) is 81.7 Å². The third-order valence-corrected chi connectivity index (χ3v) is 2.20. The van der Waals surface area contributed by atoms with Gasteiger partial charge in [-0.15, -0.1) is 0 Å². The highest BCUT2D eigenvalue weighted by Crippen LogP contribution is 1.92. The van der Waals surface area contributed by atoms with Crippen molar-refractivity contribution in [2.75, 3.05) is 26.7 Å². The quantitative estimate of drug-likeness (QED) is 0.577. The second-order valence-corrected chi connectivity index (χ2v) is 3.75. The summed E-state index contributed by atoms with van der Waals surface area (Å²) in [7, 11) is 1.71. The number of aliphatic hydroxyl groups excluding tert-OH is 1. The van der Waals surface area contributed by atoms with Gasteiger partial charge >= 0.3 is 6.03 Å². The summed E-state index contributed by atoms with van der Waals surface area (Å²) in [4.78, 5) is 24.1. The second kappa shape index (κ2) is 8.06. The lowest BCUT2D eigenvalue weighted by Crippen LogP contribution is -2.46. The summed E-state index contributed by atoms with van der Waals surface area (Å²) in [5.74, 6) is -0.378. The Bertz CT molecular complexity index is 233. The van der Waals surface area contributed by atoms with E-state index >= 15 is 0 Å². The lowest BCUT2D eigenvalue weighted by Gasteiger charge is -2.21. The number of likely N-dealkylation sites (N-methyl/N-ethyl adjacent to an activating group) is 1. The Kier molecular flexibility index (Phi) is 7.49. The predicted octanol–water partition coefficient (Wildman–Crippen LogP) is -0.465. The molecule has 0 spiro atoms. The summed E-state index contributed by atoms with van der Waals surface area (Å²) < 4.78 is 0. The first-order valence-electron chi connectivity index (χ1n) is 5.40. The fourth-order valence-electron chi connectivity index (χ4n) is 0.971. The zero-order chi connectivity index (χ0) is 12.6. The van der Waals surface area contributed by atoms with Gasteiger partial charge in [-0.2, -0.15) is 0 Å². The van der Waals surface area contributed by atoms with Crippen LogP contribution in [0.5, 0.6) is 0 Å². The number of carbonyl (C=O) groups is 2. The van der Waals surface area contributed by atoms with E-state index in [0.29, 0.717) is 6.54 Å². The van der Waals surface area contributed by atoms with Crippen molar-refractivity contribution in [3.63, 3.8) is 0 Å². The van der Waals surface area contributed by atoms with Gasteiger partial charge in [0.05, 0.1) is 13.2 Å². The van der Waals surface area contributed by atoms with Crippen molar-refractivity contribution in [2.24, 2.45) is 0 Å². The van der Waals surface area contributed by atoms with E-state index in [1.165, 1.54) is 0 Å². The number of carbonyl (C=O) groups excluding carboxylic acids is 2. The van der Waals surface area contributed by atoms with Crippen molar-refractivity contribution in [3.8, 4) is 0 Å². The van der Waals surface area contributed by atoms with Crippen LogP contribution in [0.1, 0.15) is 20.3 Å². The van der Waals surface area contributed by atoms with Crippen LogP contribution < -0.4 is 10.6 Å². The van der Waals surface area contributed by atoms with Crippen LogP contribution >= 0.6 is 0 Å². The van der Waals surface area contributed by atoms with Gasteiger partial charge in [0, 0.05) is 12.6 Å². The Labute approximate surface area is 96.0 Å². The minimum atomic E-state index is -0.475. The van der Waals surface area contributed by atoms with E-state index in [-0.39, 0.29) is 25.1 Å². The molecule has 0 bridgehead atoms. The molecule has 0 fully saturated rings. The van der Waals surface area contributed by atoms with Gasteiger partial charge in [-0.1, -0.05) is 6.92 Å². The van der Waals surface area contributed by atoms with Crippen LogP contribution in [0.3, 0.4) is 0 Å². The van der Waals surface area contributed by atoms with Crippen molar-refractivity contribution in [2.45, 2.75) is 26.3 Å². The zero-order valence-corrected chi connectivity index (χ0v) is 10.1. The predicted molar refractivity (Wildman–Crippen MR) is 61.0 cm³/mol. The molecule has 0 aliphatic carbocycles. The fraction of sp³-hybridized carbons (Fsp3) is 0.800. The number of amides is 3. The monoisotopic (exact) mass is 231 g/mol. The SMILES string of the molecule is CCCNC(=O)NC(=O)CN(C)C(C)CO. The number of rotatable bonds is 6. The van der Waals surface area contributed by atoms with E-state index in [4.69, 9.17) is 5.11 Å². The number of hydrogen-bond donors (Lipinski definition) is 3. The third kappa shape index (κ3) is 6.36. The molecule has 16 heavy (non-hydrogen) atoms. The average molecular weight is 231 g/mol. The Morgan fingerprint density at radius 2 is 2.06 bits per heavy atom. The van der Waals surface area contributed by atoms with Gasteiger partial charge in [0.1, 0.15) is 0 Å². The first kappa shape index (κ1) is 14.9. The molecule has 6 heteroatoms. The first-order valence-corrected chi connectivity index (χ1v) is 5.40. The minimum absolute atomic E-state index is 0.0220. The van der Waals surface area contributed by atoms with Gasteiger partial charge in [0.25, 0.3) is 0 Å². The summed E-state index contributed by atoms with van der Waals surface area (Å²) in [5, 5.41) is 13.6. The maximum absolute atomic E-state index is 11.4. The number of imide groups is 1. The van der Waals surface area contributed by atoms with Crippen molar-refractivity contribution in [1.82, 2.24) is 15.5 Å². The van der Waals surface area contributed by atoms with Crippen molar-refractivity contribution >= 4 is 11.9 Å². The number of nitrogens with one attached hydrogen (secondary N) is 2. The molecule has 0 heterocycles. The summed E-state index contributed by atoms with van der Waals surface area (Å²) in [6, 6.07) is -0.582. The molecule has 0 saturated heterocycles. The molecule has 6 nitrogen and oxygen atoms in total. The normalized spacial score (nSPS) is 12.3. The van der Waals surface area contributed by atoms with Crippen LogP contribution in [0.15, 0.2) is 0 Å². The Morgan fingerprint density at radius 1 is 1.44 bits per heavy atom. The summed E-state index contributed by atoms with van der Waals surface area (Å²) in [5.41, 5.74) is 0. The zero-order valence-electron chi connectivity index (χ0n) is 10.1. The highest BCUT2D eigenvalue weighted by atomic mass is 16.3. The smallest absolute Gasteiger partial charge is 0.321 e. The van der Waals surface area contributed by atoms with E-state index in [2.05, 4.69) is 10.6 Å². The second-order valence-electron chi connectivity index (χ2n) is 3.75. The van der Waals surface area contributed by atoms with Gasteiger partial charge in [-0.25, -0.2) is 4.79 Å². The molecule has 0 aliphatic heterocycles. The molecule has 0 saturated carbocycles. The van der Waals surface area contributed by atoms with Crippen LogP contribution in [0, 0.1) is 0 Å². The van der Waals surface area contributed by atoms with Crippen LogP contribution in [-0.2, 0) is 4.79 Å². The molecule has 0 aromatic heterocycles. The number of hydrogen-bond acceptors (Lipinski definition) is 4. The van der Waals surface area contributed by atoms with Crippen molar-refractivity contribution < 1.29 is 14.7 Å². The Hall–Kier alpha value is -1.14. The van der Waals surface area contributed by atoms with Crippen LogP contribution in [0.2, 0.25) is 0 Å². The Morgan fingerprint density at radius 3 is 2.56 bits per heavy atom. The largest absolute Gasteiger partial charge is 0.395 e. The fourth-order valence-corrected chi connectivity index (χ4v) is 0.971. The van der Waals surface area contributed by atoms with Crippen LogP contribution in [-0.4, -0.2) is 54.7 Å². The number of aliphatic hydroxyl groups is 1.